The average molecular weight is 313 g/mol. The minimum absolute atomic E-state index is 0.241. The molecule has 1 aliphatic heterocycles. The van der Waals surface area contributed by atoms with Gasteiger partial charge in [0.1, 0.15) is 12.0 Å². The smallest absolute Gasteiger partial charge is 0.235 e. The van der Waals surface area contributed by atoms with Crippen LogP contribution in [0.1, 0.15) is 18.4 Å². The molecule has 1 unspecified atom stereocenters. The van der Waals surface area contributed by atoms with Gasteiger partial charge in [0.05, 0.1) is 6.20 Å². The SMILES string of the molecule is Clc1cc(Cl)cc(OC(c2ncco2)[C@H]2CCNC2)c1. The minimum atomic E-state index is -0.241. The average Bonchev–Trinajstić information content (AvgIpc) is 3.08. The molecule has 0 radical (unpaired) electrons. The number of rotatable bonds is 4. The first-order chi connectivity index (χ1) is 9.72. The molecule has 0 saturated carbocycles. The Labute approximate surface area is 127 Å². The monoisotopic (exact) mass is 312 g/mol. The molecule has 2 heterocycles. The lowest BCUT2D eigenvalue weighted by atomic mass is 10.0. The van der Waals surface area contributed by atoms with Crippen LogP contribution in [0.3, 0.4) is 0 Å². The summed E-state index contributed by atoms with van der Waals surface area (Å²) in [6.45, 7) is 1.85. The molecule has 1 aromatic carbocycles. The maximum Gasteiger partial charge on any atom is 0.235 e. The molecule has 1 saturated heterocycles. The number of halogens is 2. The molecule has 2 aromatic rings. The summed E-state index contributed by atoms with van der Waals surface area (Å²) in [4.78, 5) is 4.22. The second-order valence-corrected chi connectivity index (χ2v) is 5.64. The van der Waals surface area contributed by atoms with E-state index in [-0.39, 0.29) is 6.10 Å². The number of nitrogens with one attached hydrogen (secondary N) is 1. The summed E-state index contributed by atoms with van der Waals surface area (Å²) >= 11 is 12.0. The van der Waals surface area contributed by atoms with Crippen molar-refractivity contribution in [3.05, 3.63) is 46.6 Å². The van der Waals surface area contributed by atoms with Gasteiger partial charge in [0.15, 0.2) is 6.10 Å². The van der Waals surface area contributed by atoms with E-state index in [0.717, 1.165) is 19.5 Å². The molecule has 0 aliphatic carbocycles. The molecule has 6 heteroatoms. The molecule has 0 spiro atoms. The Balaban J connectivity index is 1.85. The minimum Gasteiger partial charge on any atom is -0.480 e. The van der Waals surface area contributed by atoms with Gasteiger partial charge in [-0.3, -0.25) is 0 Å². The standard InChI is InChI=1S/C14H14Cl2N2O2/c15-10-5-11(16)7-12(6-10)20-13(9-1-2-17-8-9)14-18-3-4-19-14/h3-7,9,13,17H,1-2,8H2/t9-,13?/m0/s1. The number of ether oxygens (including phenoxy) is 1. The quantitative estimate of drug-likeness (QED) is 0.935. The van der Waals surface area contributed by atoms with E-state index in [1.54, 1.807) is 30.7 Å². The van der Waals surface area contributed by atoms with E-state index in [4.69, 9.17) is 32.4 Å². The van der Waals surface area contributed by atoms with Gasteiger partial charge in [-0.2, -0.15) is 0 Å². The molecule has 2 atom stereocenters. The highest BCUT2D eigenvalue weighted by Crippen LogP contribution is 2.33. The zero-order valence-electron chi connectivity index (χ0n) is 10.7. The van der Waals surface area contributed by atoms with Gasteiger partial charge in [-0.1, -0.05) is 23.2 Å². The summed E-state index contributed by atoms with van der Waals surface area (Å²) in [5, 5.41) is 4.41. The predicted molar refractivity (Wildman–Crippen MR) is 77.3 cm³/mol. The van der Waals surface area contributed by atoms with Crippen molar-refractivity contribution < 1.29 is 9.15 Å². The third-order valence-electron chi connectivity index (χ3n) is 3.32. The largest absolute Gasteiger partial charge is 0.480 e. The Hall–Kier alpha value is -1.23. The number of oxazole rings is 1. The molecular formula is C14H14Cl2N2O2. The van der Waals surface area contributed by atoms with Gasteiger partial charge in [0.2, 0.25) is 5.89 Å². The van der Waals surface area contributed by atoms with Crippen LogP contribution in [-0.2, 0) is 0 Å². The summed E-state index contributed by atoms with van der Waals surface area (Å²) in [5.41, 5.74) is 0. The van der Waals surface area contributed by atoms with Crippen molar-refractivity contribution in [3.8, 4) is 5.75 Å². The van der Waals surface area contributed by atoms with E-state index in [0.29, 0.717) is 27.6 Å². The Bertz CT molecular complexity index is 548. The Kier molecular flexibility index (Phi) is 4.15. The number of nitrogens with zero attached hydrogens (tertiary/aromatic N) is 1. The van der Waals surface area contributed by atoms with Gasteiger partial charge in [-0.25, -0.2) is 4.98 Å². The van der Waals surface area contributed by atoms with E-state index in [2.05, 4.69) is 10.3 Å². The topological polar surface area (TPSA) is 47.3 Å². The molecular weight excluding hydrogens is 299 g/mol. The fourth-order valence-corrected chi connectivity index (χ4v) is 2.91. The lowest BCUT2D eigenvalue weighted by Gasteiger charge is -2.21. The first kappa shape index (κ1) is 13.7. The van der Waals surface area contributed by atoms with Crippen LogP contribution in [0.25, 0.3) is 0 Å². The maximum absolute atomic E-state index is 6.04. The first-order valence-electron chi connectivity index (χ1n) is 6.45. The van der Waals surface area contributed by atoms with Crippen LogP contribution in [0.5, 0.6) is 5.75 Å². The van der Waals surface area contributed by atoms with Crippen molar-refractivity contribution in [2.24, 2.45) is 5.92 Å². The van der Waals surface area contributed by atoms with E-state index >= 15 is 0 Å². The summed E-state index contributed by atoms with van der Waals surface area (Å²) in [6, 6.07) is 5.16. The van der Waals surface area contributed by atoms with Gasteiger partial charge in [0, 0.05) is 22.5 Å². The van der Waals surface area contributed by atoms with E-state index < -0.39 is 0 Å². The van der Waals surface area contributed by atoms with E-state index in [1.807, 2.05) is 0 Å². The number of hydrogen-bond donors (Lipinski definition) is 1. The lowest BCUT2D eigenvalue weighted by Crippen LogP contribution is -2.21. The highest BCUT2D eigenvalue weighted by molar-refractivity contribution is 6.34. The van der Waals surface area contributed by atoms with Gasteiger partial charge in [-0.05, 0) is 31.2 Å². The van der Waals surface area contributed by atoms with Crippen molar-refractivity contribution in [2.45, 2.75) is 12.5 Å². The van der Waals surface area contributed by atoms with Crippen LogP contribution in [0.4, 0.5) is 0 Å². The summed E-state index contributed by atoms with van der Waals surface area (Å²) in [5.74, 6) is 1.51. The third-order valence-corrected chi connectivity index (χ3v) is 3.76. The molecule has 1 aliphatic rings. The van der Waals surface area contributed by atoms with Gasteiger partial charge in [-0.15, -0.1) is 0 Å². The molecule has 0 amide bonds. The normalized spacial score (nSPS) is 20.0. The van der Waals surface area contributed by atoms with Crippen molar-refractivity contribution in [3.63, 3.8) is 0 Å². The fraction of sp³-hybridized carbons (Fsp3) is 0.357. The second kappa shape index (κ2) is 6.04. The zero-order chi connectivity index (χ0) is 13.9. The fourth-order valence-electron chi connectivity index (χ4n) is 2.40. The lowest BCUT2D eigenvalue weighted by molar-refractivity contribution is 0.114. The first-order valence-corrected chi connectivity index (χ1v) is 7.21. The van der Waals surface area contributed by atoms with Crippen LogP contribution in [0.15, 0.2) is 35.1 Å². The summed E-state index contributed by atoms with van der Waals surface area (Å²) in [6.07, 6.45) is 3.95. The van der Waals surface area contributed by atoms with E-state index in [1.165, 1.54) is 0 Å². The van der Waals surface area contributed by atoms with Crippen LogP contribution >= 0.6 is 23.2 Å². The molecule has 1 aromatic heterocycles. The second-order valence-electron chi connectivity index (χ2n) is 4.77. The number of benzene rings is 1. The zero-order valence-corrected chi connectivity index (χ0v) is 12.2. The summed E-state index contributed by atoms with van der Waals surface area (Å²) < 4.78 is 11.5. The van der Waals surface area contributed by atoms with Crippen molar-refractivity contribution in [1.29, 1.82) is 0 Å². The summed E-state index contributed by atoms with van der Waals surface area (Å²) in [7, 11) is 0. The molecule has 0 bridgehead atoms. The van der Waals surface area contributed by atoms with E-state index in [9.17, 15) is 0 Å². The maximum atomic E-state index is 6.04. The molecule has 106 valence electrons. The molecule has 1 fully saturated rings. The molecule has 1 N–H and O–H groups in total. The van der Waals surface area contributed by atoms with Gasteiger partial charge < -0.3 is 14.5 Å². The van der Waals surface area contributed by atoms with Crippen molar-refractivity contribution >= 4 is 23.2 Å². The number of hydrogen-bond acceptors (Lipinski definition) is 4. The molecule has 4 nitrogen and oxygen atoms in total. The van der Waals surface area contributed by atoms with Crippen LogP contribution in [0, 0.1) is 5.92 Å². The van der Waals surface area contributed by atoms with Crippen molar-refractivity contribution in [1.82, 2.24) is 10.3 Å². The van der Waals surface area contributed by atoms with Crippen molar-refractivity contribution in [2.75, 3.05) is 13.1 Å². The molecule has 20 heavy (non-hydrogen) atoms. The number of aromatic nitrogens is 1. The highest BCUT2D eigenvalue weighted by Gasteiger charge is 2.31. The Morgan fingerprint density at radius 1 is 1.30 bits per heavy atom. The Morgan fingerprint density at radius 3 is 2.70 bits per heavy atom. The van der Waals surface area contributed by atoms with Crippen LogP contribution in [0.2, 0.25) is 10.0 Å². The highest BCUT2D eigenvalue weighted by atomic mass is 35.5. The Morgan fingerprint density at radius 2 is 2.10 bits per heavy atom. The molecule has 3 rings (SSSR count). The van der Waals surface area contributed by atoms with Gasteiger partial charge in [0.25, 0.3) is 0 Å². The third kappa shape index (κ3) is 3.08. The van der Waals surface area contributed by atoms with Crippen LogP contribution < -0.4 is 10.1 Å². The van der Waals surface area contributed by atoms with Crippen LogP contribution in [-0.4, -0.2) is 18.1 Å². The predicted octanol–water partition coefficient (Wildman–Crippen LogP) is 3.71. The van der Waals surface area contributed by atoms with Gasteiger partial charge >= 0.3 is 0 Å².